The highest BCUT2D eigenvalue weighted by Crippen LogP contribution is 2.39. The van der Waals surface area contributed by atoms with Gasteiger partial charge < -0.3 is 20.2 Å². The number of nitrogens with zero attached hydrogens (tertiary/aromatic N) is 2. The predicted octanol–water partition coefficient (Wildman–Crippen LogP) is 3.50. The summed E-state index contributed by atoms with van der Waals surface area (Å²) < 4.78 is 5.15. The minimum Gasteiger partial charge on any atom is -0.374 e. The molecule has 156 valence electrons. The van der Waals surface area contributed by atoms with Gasteiger partial charge in [-0.1, -0.05) is 25.3 Å². The van der Waals surface area contributed by atoms with Gasteiger partial charge in [0.1, 0.15) is 18.7 Å². The Hall–Kier alpha value is -2.32. The van der Waals surface area contributed by atoms with E-state index in [0.29, 0.717) is 26.0 Å². The fraction of sp³-hybridized carbons (Fsp3) is 0.524. The number of carbonyl (C=O) groups excluding carboxylic acids is 2. The van der Waals surface area contributed by atoms with Gasteiger partial charge in [-0.3, -0.25) is 4.79 Å². The molecule has 2 N–H and O–H groups in total. The second-order valence-corrected chi connectivity index (χ2v) is 8.24. The van der Waals surface area contributed by atoms with Crippen molar-refractivity contribution in [3.8, 4) is 0 Å². The molecule has 0 bridgehead atoms. The number of anilines is 2. The monoisotopic (exact) mass is 416 g/mol. The first-order valence-electron chi connectivity index (χ1n) is 10.1. The van der Waals surface area contributed by atoms with E-state index >= 15 is 0 Å². The first kappa shape index (κ1) is 21.4. The van der Waals surface area contributed by atoms with Crippen molar-refractivity contribution in [1.82, 2.24) is 15.3 Å². The molecule has 3 rings (SSSR count). The van der Waals surface area contributed by atoms with Crippen LogP contribution >= 0.6 is 11.3 Å². The number of pyridine rings is 1. The summed E-state index contributed by atoms with van der Waals surface area (Å²) in [5.74, 6) is 0.851. The van der Waals surface area contributed by atoms with E-state index in [9.17, 15) is 9.59 Å². The average Bonchev–Trinajstić information content (AvgIpc) is 3.24. The summed E-state index contributed by atoms with van der Waals surface area (Å²) in [5.41, 5.74) is 0.507. The van der Waals surface area contributed by atoms with E-state index in [1.54, 1.807) is 6.20 Å². The smallest absolute Gasteiger partial charge is 0.226 e. The van der Waals surface area contributed by atoms with Crippen molar-refractivity contribution in [2.45, 2.75) is 44.9 Å². The van der Waals surface area contributed by atoms with Gasteiger partial charge in [-0.15, -0.1) is 11.3 Å². The van der Waals surface area contributed by atoms with Gasteiger partial charge in [-0.2, -0.15) is 0 Å². The van der Waals surface area contributed by atoms with E-state index < -0.39 is 5.41 Å². The molecule has 1 aliphatic carbocycles. The van der Waals surface area contributed by atoms with Crippen LogP contribution < -0.4 is 10.6 Å². The second kappa shape index (κ2) is 11.0. The number of carbonyl (C=O) groups is 2. The molecule has 0 spiro atoms. The maximum atomic E-state index is 13.1. The lowest BCUT2D eigenvalue weighted by Crippen LogP contribution is -2.44. The van der Waals surface area contributed by atoms with Gasteiger partial charge in [0.05, 0.1) is 5.41 Å². The normalized spacial score (nSPS) is 15.6. The largest absolute Gasteiger partial charge is 0.374 e. The minimum atomic E-state index is -0.408. The fourth-order valence-electron chi connectivity index (χ4n) is 3.80. The second-order valence-electron chi connectivity index (χ2n) is 7.35. The van der Waals surface area contributed by atoms with Crippen LogP contribution in [0.5, 0.6) is 0 Å². The number of thiazole rings is 1. The SMILES string of the molecule is O=CCOCCCNC(=O)C1(Cc2cccc(Nc3nccs3)n2)CCCCC1. The molecule has 0 aromatic carbocycles. The van der Waals surface area contributed by atoms with Crippen molar-refractivity contribution in [1.29, 1.82) is 0 Å². The topological polar surface area (TPSA) is 93.2 Å². The van der Waals surface area contributed by atoms with Crippen LogP contribution in [0.4, 0.5) is 10.9 Å². The van der Waals surface area contributed by atoms with Crippen molar-refractivity contribution in [3.63, 3.8) is 0 Å². The quantitative estimate of drug-likeness (QED) is 0.430. The van der Waals surface area contributed by atoms with Gasteiger partial charge in [0.25, 0.3) is 0 Å². The van der Waals surface area contributed by atoms with E-state index in [4.69, 9.17) is 9.72 Å². The highest BCUT2D eigenvalue weighted by Gasteiger charge is 2.39. The molecule has 2 aromatic rings. The van der Waals surface area contributed by atoms with Gasteiger partial charge in [0.15, 0.2) is 5.13 Å². The van der Waals surface area contributed by atoms with Crippen molar-refractivity contribution in [2.75, 3.05) is 25.1 Å². The molecule has 7 nitrogen and oxygen atoms in total. The predicted molar refractivity (Wildman–Crippen MR) is 113 cm³/mol. The summed E-state index contributed by atoms with van der Waals surface area (Å²) in [6.45, 7) is 1.13. The maximum Gasteiger partial charge on any atom is 0.226 e. The lowest BCUT2D eigenvalue weighted by molar-refractivity contribution is -0.133. The molecule has 0 unspecified atom stereocenters. The summed E-state index contributed by atoms with van der Waals surface area (Å²) in [5, 5.41) is 9.02. The Morgan fingerprint density at radius 3 is 2.90 bits per heavy atom. The van der Waals surface area contributed by atoms with Crippen molar-refractivity contribution in [3.05, 3.63) is 35.5 Å². The molecule has 2 aromatic heterocycles. The van der Waals surface area contributed by atoms with Gasteiger partial charge >= 0.3 is 0 Å². The van der Waals surface area contributed by atoms with E-state index in [0.717, 1.165) is 48.6 Å². The van der Waals surface area contributed by atoms with Crippen LogP contribution in [0.15, 0.2) is 29.8 Å². The summed E-state index contributed by atoms with van der Waals surface area (Å²) in [6.07, 6.45) is 8.88. The lowest BCUT2D eigenvalue weighted by atomic mass is 9.70. The molecule has 0 saturated heterocycles. The number of amides is 1. The molecule has 0 atom stereocenters. The first-order chi connectivity index (χ1) is 14.2. The summed E-state index contributed by atoms with van der Waals surface area (Å²) in [7, 11) is 0. The molecule has 2 heterocycles. The zero-order chi connectivity index (χ0) is 20.4. The standard InChI is InChI=1S/C21H28N4O3S/c26-12-14-28-13-5-10-22-19(27)21(8-2-1-3-9-21)16-17-6-4-7-18(24-17)25-20-23-11-15-29-20/h4,6-7,11-12,15H,1-3,5,8-10,13-14,16H2,(H,22,27)(H,23,24,25). The van der Waals surface area contributed by atoms with Crippen LogP contribution in [0.3, 0.4) is 0 Å². The Morgan fingerprint density at radius 2 is 2.14 bits per heavy atom. The third-order valence-electron chi connectivity index (χ3n) is 5.22. The average molecular weight is 417 g/mol. The van der Waals surface area contributed by atoms with Crippen LogP contribution in [0.1, 0.15) is 44.2 Å². The molecule has 1 aliphatic rings. The minimum absolute atomic E-state index is 0.104. The molecule has 0 aliphatic heterocycles. The van der Waals surface area contributed by atoms with Crippen LogP contribution in [-0.4, -0.2) is 41.9 Å². The number of rotatable bonds is 11. The maximum absolute atomic E-state index is 13.1. The summed E-state index contributed by atoms with van der Waals surface area (Å²) in [6, 6.07) is 5.87. The third kappa shape index (κ3) is 6.33. The van der Waals surface area contributed by atoms with Crippen molar-refractivity contribution >= 4 is 34.5 Å². The van der Waals surface area contributed by atoms with Gasteiger partial charge in [-0.05, 0) is 31.4 Å². The van der Waals surface area contributed by atoms with Crippen LogP contribution in [-0.2, 0) is 20.7 Å². The Bertz CT molecular complexity index is 776. The van der Waals surface area contributed by atoms with Gasteiger partial charge in [-0.25, -0.2) is 9.97 Å². The van der Waals surface area contributed by atoms with E-state index in [2.05, 4.69) is 15.6 Å². The van der Waals surface area contributed by atoms with Crippen LogP contribution in [0.25, 0.3) is 0 Å². The Balaban J connectivity index is 1.62. The summed E-state index contributed by atoms with van der Waals surface area (Å²) in [4.78, 5) is 32.3. The Morgan fingerprint density at radius 1 is 1.28 bits per heavy atom. The first-order valence-corrected chi connectivity index (χ1v) is 11.0. The van der Waals surface area contributed by atoms with Crippen LogP contribution in [0, 0.1) is 5.41 Å². The molecule has 1 saturated carbocycles. The zero-order valence-corrected chi connectivity index (χ0v) is 17.4. The molecule has 1 fully saturated rings. The number of nitrogens with one attached hydrogen (secondary N) is 2. The zero-order valence-electron chi connectivity index (χ0n) is 16.6. The van der Waals surface area contributed by atoms with Gasteiger partial charge in [0, 0.05) is 36.8 Å². The molecule has 1 amide bonds. The molecule has 29 heavy (non-hydrogen) atoms. The molecular weight excluding hydrogens is 388 g/mol. The van der Waals surface area contributed by atoms with Crippen molar-refractivity contribution < 1.29 is 14.3 Å². The van der Waals surface area contributed by atoms with Crippen molar-refractivity contribution in [2.24, 2.45) is 5.41 Å². The third-order valence-corrected chi connectivity index (χ3v) is 5.91. The van der Waals surface area contributed by atoms with Crippen LogP contribution in [0.2, 0.25) is 0 Å². The number of aromatic nitrogens is 2. The highest BCUT2D eigenvalue weighted by atomic mass is 32.1. The van der Waals surface area contributed by atoms with E-state index in [-0.39, 0.29) is 12.5 Å². The molecular formula is C21H28N4O3S. The summed E-state index contributed by atoms with van der Waals surface area (Å²) >= 11 is 1.52. The van der Waals surface area contributed by atoms with E-state index in [1.165, 1.54) is 17.8 Å². The number of hydrogen-bond acceptors (Lipinski definition) is 7. The lowest BCUT2D eigenvalue weighted by Gasteiger charge is -2.35. The Kier molecular flexibility index (Phi) is 8.13. The Labute approximate surface area is 175 Å². The highest BCUT2D eigenvalue weighted by molar-refractivity contribution is 7.13. The van der Waals surface area contributed by atoms with Gasteiger partial charge in [0.2, 0.25) is 5.91 Å². The molecule has 8 heteroatoms. The number of aldehydes is 1. The number of hydrogen-bond donors (Lipinski definition) is 2. The van der Waals surface area contributed by atoms with E-state index in [1.807, 2.05) is 23.6 Å². The molecule has 0 radical (unpaired) electrons. The number of ether oxygens (including phenoxy) is 1. The fourth-order valence-corrected chi connectivity index (χ4v) is 4.33.